The van der Waals surface area contributed by atoms with Crippen LogP contribution >= 0.6 is 0 Å². The number of benzene rings is 1. The van der Waals surface area contributed by atoms with Crippen molar-refractivity contribution in [1.82, 2.24) is 0 Å². The third-order valence-corrected chi connectivity index (χ3v) is 3.04. The summed E-state index contributed by atoms with van der Waals surface area (Å²) in [4.78, 5) is 11.8. The van der Waals surface area contributed by atoms with Crippen molar-refractivity contribution in [2.75, 3.05) is 0 Å². The van der Waals surface area contributed by atoms with Crippen LogP contribution < -0.4 is 0 Å². The lowest BCUT2D eigenvalue weighted by molar-refractivity contribution is 0.0942. The molecule has 1 heterocycles. The molecule has 0 bridgehead atoms. The number of carbonyl (C=O) groups excluding carboxylic acids is 1. The van der Waals surface area contributed by atoms with E-state index in [1.807, 2.05) is 6.92 Å². The fourth-order valence-corrected chi connectivity index (χ4v) is 1.89. The average Bonchev–Trinajstić information content (AvgIpc) is 3.01. The van der Waals surface area contributed by atoms with E-state index in [1.54, 1.807) is 12.1 Å². The lowest BCUT2D eigenvalue weighted by Gasteiger charge is -1.94. The normalized spacial score (nSPS) is 15.6. The molecule has 1 aromatic carbocycles. The van der Waals surface area contributed by atoms with Crippen LogP contribution in [0.3, 0.4) is 0 Å². The third-order valence-electron chi connectivity index (χ3n) is 3.04. The van der Waals surface area contributed by atoms with Gasteiger partial charge in [0.15, 0.2) is 17.2 Å². The predicted octanol–water partition coefficient (Wildman–Crippen LogP) is 3.47. The van der Waals surface area contributed by atoms with Crippen LogP contribution in [0.5, 0.6) is 0 Å². The molecule has 16 heavy (non-hydrogen) atoms. The van der Waals surface area contributed by atoms with Gasteiger partial charge in [0.05, 0.1) is 0 Å². The quantitative estimate of drug-likeness (QED) is 0.722. The molecule has 0 spiro atoms. The molecular formula is C13H11FO2. The summed E-state index contributed by atoms with van der Waals surface area (Å²) in [7, 11) is 0. The molecule has 3 heteroatoms. The molecule has 1 aromatic heterocycles. The monoisotopic (exact) mass is 218 g/mol. The van der Waals surface area contributed by atoms with Crippen molar-refractivity contribution in [3.63, 3.8) is 0 Å². The Bertz CT molecular complexity index is 540. The van der Waals surface area contributed by atoms with Gasteiger partial charge < -0.3 is 4.42 Å². The first-order valence-corrected chi connectivity index (χ1v) is 5.39. The minimum Gasteiger partial charge on any atom is -0.450 e. The van der Waals surface area contributed by atoms with E-state index in [9.17, 15) is 9.18 Å². The fraction of sp³-hybridized carbons (Fsp3) is 0.308. The summed E-state index contributed by atoms with van der Waals surface area (Å²) in [6.07, 6.45) is 1.86. The van der Waals surface area contributed by atoms with Crippen molar-refractivity contribution in [1.29, 1.82) is 0 Å². The van der Waals surface area contributed by atoms with Gasteiger partial charge in [-0.2, -0.15) is 0 Å². The van der Waals surface area contributed by atoms with Gasteiger partial charge in [-0.05, 0) is 37.5 Å². The van der Waals surface area contributed by atoms with Crippen molar-refractivity contribution in [3.05, 3.63) is 35.3 Å². The first-order valence-electron chi connectivity index (χ1n) is 5.39. The summed E-state index contributed by atoms with van der Waals surface area (Å²) >= 11 is 0. The van der Waals surface area contributed by atoms with Crippen LogP contribution in [0.1, 0.15) is 29.0 Å². The minimum absolute atomic E-state index is 0.00926. The number of Topliss-reactive ketones (excluding diaryl/α,β-unsaturated/α-hetero) is 1. The zero-order valence-corrected chi connectivity index (χ0v) is 8.92. The Kier molecular flexibility index (Phi) is 1.90. The number of rotatable bonds is 2. The van der Waals surface area contributed by atoms with E-state index in [1.165, 1.54) is 6.07 Å². The molecule has 0 aliphatic heterocycles. The van der Waals surface area contributed by atoms with Gasteiger partial charge in [0.25, 0.3) is 0 Å². The minimum atomic E-state index is -0.407. The zero-order valence-electron chi connectivity index (χ0n) is 8.92. The number of ketones is 1. The molecule has 0 atom stereocenters. The van der Waals surface area contributed by atoms with E-state index < -0.39 is 5.82 Å². The van der Waals surface area contributed by atoms with Gasteiger partial charge >= 0.3 is 0 Å². The first-order chi connectivity index (χ1) is 7.66. The predicted molar refractivity (Wildman–Crippen MR) is 58.0 cm³/mol. The highest BCUT2D eigenvalue weighted by atomic mass is 19.1. The Labute approximate surface area is 92.1 Å². The van der Waals surface area contributed by atoms with Crippen LogP contribution in [0.15, 0.2) is 22.6 Å². The van der Waals surface area contributed by atoms with Crippen LogP contribution in [0.2, 0.25) is 0 Å². The molecule has 0 unspecified atom stereocenters. The lowest BCUT2D eigenvalue weighted by atomic mass is 10.1. The van der Waals surface area contributed by atoms with E-state index in [0.717, 1.165) is 18.4 Å². The summed E-state index contributed by atoms with van der Waals surface area (Å²) in [5, 5.41) is 0.698. The van der Waals surface area contributed by atoms with Gasteiger partial charge in [-0.1, -0.05) is 6.07 Å². The van der Waals surface area contributed by atoms with Crippen LogP contribution in [-0.2, 0) is 0 Å². The summed E-state index contributed by atoms with van der Waals surface area (Å²) < 4.78 is 18.8. The van der Waals surface area contributed by atoms with Crippen molar-refractivity contribution in [2.45, 2.75) is 19.8 Å². The first kappa shape index (κ1) is 9.58. The number of hydrogen-bond donors (Lipinski definition) is 0. The molecule has 0 amide bonds. The van der Waals surface area contributed by atoms with Gasteiger partial charge in [0, 0.05) is 11.3 Å². The molecule has 3 rings (SSSR count). The summed E-state index contributed by atoms with van der Waals surface area (Å²) in [5.74, 6) is 0.0000709. The summed E-state index contributed by atoms with van der Waals surface area (Å²) in [5.41, 5.74) is 1.12. The summed E-state index contributed by atoms with van der Waals surface area (Å²) in [6, 6.07) is 4.72. The molecule has 1 aliphatic carbocycles. The van der Waals surface area contributed by atoms with Crippen LogP contribution in [0, 0.1) is 18.7 Å². The van der Waals surface area contributed by atoms with E-state index in [-0.39, 0.29) is 17.3 Å². The maximum absolute atomic E-state index is 13.5. The molecule has 0 saturated heterocycles. The maximum atomic E-state index is 13.5. The molecule has 2 nitrogen and oxygen atoms in total. The highest BCUT2D eigenvalue weighted by molar-refractivity contribution is 6.00. The van der Waals surface area contributed by atoms with E-state index in [0.29, 0.717) is 11.1 Å². The maximum Gasteiger partial charge on any atom is 0.201 e. The Hall–Kier alpha value is -1.64. The van der Waals surface area contributed by atoms with Crippen molar-refractivity contribution >= 4 is 16.8 Å². The van der Waals surface area contributed by atoms with Crippen molar-refractivity contribution < 1.29 is 13.6 Å². The molecule has 1 aliphatic rings. The molecular weight excluding hydrogens is 207 g/mol. The highest BCUT2D eigenvalue weighted by Gasteiger charge is 2.32. The third kappa shape index (κ3) is 1.35. The van der Waals surface area contributed by atoms with Crippen molar-refractivity contribution in [3.8, 4) is 0 Å². The van der Waals surface area contributed by atoms with Gasteiger partial charge in [0.1, 0.15) is 0 Å². The van der Waals surface area contributed by atoms with E-state index in [2.05, 4.69) is 0 Å². The van der Waals surface area contributed by atoms with Crippen LogP contribution in [0.25, 0.3) is 11.0 Å². The number of fused-ring (bicyclic) bond motifs is 1. The van der Waals surface area contributed by atoms with Gasteiger partial charge in [-0.15, -0.1) is 0 Å². The highest BCUT2D eigenvalue weighted by Crippen LogP contribution is 2.35. The van der Waals surface area contributed by atoms with Gasteiger partial charge in [0.2, 0.25) is 5.78 Å². The number of carbonyl (C=O) groups is 1. The number of halogens is 1. The SMILES string of the molecule is Cc1ccc(F)c2oc(C(=O)C3CC3)cc12. The second-order valence-corrected chi connectivity index (χ2v) is 4.36. The second-order valence-electron chi connectivity index (χ2n) is 4.36. The van der Waals surface area contributed by atoms with E-state index >= 15 is 0 Å². The van der Waals surface area contributed by atoms with Gasteiger partial charge in [-0.25, -0.2) is 4.39 Å². The zero-order chi connectivity index (χ0) is 11.3. The summed E-state index contributed by atoms with van der Waals surface area (Å²) in [6.45, 7) is 1.88. The topological polar surface area (TPSA) is 30.2 Å². The number of aryl methyl sites for hydroxylation is 1. The number of furan rings is 1. The Morgan fingerprint density at radius 1 is 1.44 bits per heavy atom. The van der Waals surface area contributed by atoms with Crippen LogP contribution in [-0.4, -0.2) is 5.78 Å². The standard InChI is InChI=1S/C13H11FO2/c1-7-2-5-10(14)13-9(7)6-11(16-13)12(15)8-3-4-8/h2,5-6,8H,3-4H2,1H3. The average molecular weight is 218 g/mol. The molecule has 2 aromatic rings. The second kappa shape index (κ2) is 3.17. The molecule has 0 N–H and O–H groups in total. The Balaban J connectivity index is 2.18. The molecule has 1 fully saturated rings. The fourth-order valence-electron chi connectivity index (χ4n) is 1.89. The Morgan fingerprint density at radius 2 is 2.19 bits per heavy atom. The number of hydrogen-bond acceptors (Lipinski definition) is 2. The van der Waals surface area contributed by atoms with E-state index in [4.69, 9.17) is 4.42 Å². The molecule has 0 radical (unpaired) electrons. The van der Waals surface area contributed by atoms with Gasteiger partial charge in [-0.3, -0.25) is 4.79 Å². The smallest absolute Gasteiger partial charge is 0.201 e. The lowest BCUT2D eigenvalue weighted by Crippen LogP contribution is -1.98. The Morgan fingerprint density at radius 3 is 2.81 bits per heavy atom. The largest absolute Gasteiger partial charge is 0.450 e. The van der Waals surface area contributed by atoms with Crippen LogP contribution in [0.4, 0.5) is 4.39 Å². The molecule has 1 saturated carbocycles. The van der Waals surface area contributed by atoms with Crippen molar-refractivity contribution in [2.24, 2.45) is 5.92 Å². The molecule has 82 valence electrons.